The third kappa shape index (κ3) is 3.88. The van der Waals surface area contributed by atoms with Crippen LogP contribution in [0.4, 0.5) is 5.13 Å². The van der Waals surface area contributed by atoms with Gasteiger partial charge in [-0.3, -0.25) is 4.79 Å². The summed E-state index contributed by atoms with van der Waals surface area (Å²) < 4.78 is 5.40. The van der Waals surface area contributed by atoms with Crippen LogP contribution in [0.2, 0.25) is 0 Å². The molecule has 0 spiro atoms. The van der Waals surface area contributed by atoms with E-state index in [1.54, 1.807) is 6.07 Å². The molecule has 9 heteroatoms. The van der Waals surface area contributed by atoms with Gasteiger partial charge in [-0.2, -0.15) is 0 Å². The van der Waals surface area contributed by atoms with E-state index in [1.807, 2.05) is 36.4 Å². The molecule has 1 aliphatic heterocycles. The number of ketones is 1. The highest BCUT2D eigenvalue weighted by Crippen LogP contribution is 2.27. The quantitative estimate of drug-likeness (QED) is 0.385. The summed E-state index contributed by atoms with van der Waals surface area (Å²) in [5.74, 6) is -0.185. The second-order valence-corrected chi connectivity index (χ2v) is 7.85. The fraction of sp³-hybridized carbons (Fsp3) is 0.300. The third-order valence-corrected chi connectivity index (χ3v) is 5.83. The second kappa shape index (κ2) is 8.15. The van der Waals surface area contributed by atoms with Crippen molar-refractivity contribution in [2.24, 2.45) is 0 Å². The molecule has 0 bridgehead atoms. The van der Waals surface area contributed by atoms with E-state index in [4.69, 9.17) is 4.74 Å². The number of hydrogen-bond donors (Lipinski definition) is 5. The van der Waals surface area contributed by atoms with Crippen molar-refractivity contribution < 1.29 is 30.0 Å². The molecule has 0 amide bonds. The van der Waals surface area contributed by atoms with E-state index in [1.165, 1.54) is 6.20 Å². The van der Waals surface area contributed by atoms with Crippen molar-refractivity contribution >= 4 is 33.0 Å². The molecule has 1 fully saturated rings. The lowest BCUT2D eigenvalue weighted by molar-refractivity contribution is -0.221. The zero-order valence-electron chi connectivity index (χ0n) is 15.2. The van der Waals surface area contributed by atoms with Crippen LogP contribution in [0, 0.1) is 0 Å². The molecule has 3 aromatic rings. The third-order valence-electron chi connectivity index (χ3n) is 4.90. The zero-order valence-corrected chi connectivity index (χ0v) is 16.0. The van der Waals surface area contributed by atoms with Gasteiger partial charge in [-0.25, -0.2) is 4.98 Å². The van der Waals surface area contributed by atoms with Crippen LogP contribution < -0.4 is 5.32 Å². The Balaban J connectivity index is 1.51. The van der Waals surface area contributed by atoms with E-state index in [0.29, 0.717) is 15.6 Å². The number of carbonyl (C=O) groups excluding carboxylic acids is 1. The minimum Gasteiger partial charge on any atom is -0.394 e. The molecule has 0 aliphatic carbocycles. The molecule has 152 valence electrons. The zero-order chi connectivity index (χ0) is 20.5. The number of ether oxygens (including phenoxy) is 1. The molecule has 1 aromatic heterocycles. The lowest BCUT2D eigenvalue weighted by Gasteiger charge is -2.40. The summed E-state index contributed by atoms with van der Waals surface area (Å²) in [5, 5.41) is 44.2. The SMILES string of the molecule is O=C(c1ccc2ccccc2c1)c1cnc(N[C@@H]2O[C@H](CO)[C@@H](O)[C@H](O)[C@@H]2O)s1. The standard InChI is InChI=1S/C20H20N2O6S/c23-9-13-16(25)17(26)18(27)19(28-13)22-20-21-8-14(29-20)15(24)12-6-5-10-3-1-2-4-11(10)7-12/h1-8,13,16-19,23,25-27H,9H2,(H,21,22)/t13-,16-,17+,18+,19-/m1/s1. The monoisotopic (exact) mass is 416 g/mol. The highest BCUT2D eigenvalue weighted by molar-refractivity contribution is 7.17. The van der Waals surface area contributed by atoms with Crippen molar-refractivity contribution in [2.45, 2.75) is 30.6 Å². The van der Waals surface area contributed by atoms with Gasteiger partial charge >= 0.3 is 0 Å². The van der Waals surface area contributed by atoms with Gasteiger partial charge in [0.15, 0.2) is 11.4 Å². The number of rotatable bonds is 5. The Labute approximate surface area is 170 Å². The predicted octanol–water partition coefficient (Wildman–Crippen LogP) is 0.739. The Kier molecular flexibility index (Phi) is 5.59. The predicted molar refractivity (Wildman–Crippen MR) is 107 cm³/mol. The average molecular weight is 416 g/mol. The Morgan fingerprint density at radius 1 is 1.07 bits per heavy atom. The maximum absolute atomic E-state index is 12.8. The van der Waals surface area contributed by atoms with E-state index < -0.39 is 37.3 Å². The molecule has 4 rings (SSSR count). The largest absolute Gasteiger partial charge is 0.394 e. The van der Waals surface area contributed by atoms with Crippen LogP contribution in [-0.2, 0) is 4.74 Å². The van der Waals surface area contributed by atoms with Gasteiger partial charge in [0.05, 0.1) is 17.7 Å². The Bertz CT molecular complexity index is 1020. The Morgan fingerprint density at radius 2 is 1.83 bits per heavy atom. The van der Waals surface area contributed by atoms with Gasteiger partial charge in [-0.15, -0.1) is 0 Å². The number of anilines is 1. The van der Waals surface area contributed by atoms with Gasteiger partial charge in [0.2, 0.25) is 5.78 Å². The first-order valence-corrected chi connectivity index (χ1v) is 9.86. The number of fused-ring (bicyclic) bond motifs is 1. The van der Waals surface area contributed by atoms with Crippen LogP contribution in [0.1, 0.15) is 15.2 Å². The number of thiazole rings is 1. The van der Waals surface area contributed by atoms with Crippen LogP contribution >= 0.6 is 11.3 Å². The summed E-state index contributed by atoms with van der Waals surface area (Å²) in [4.78, 5) is 17.3. The lowest BCUT2D eigenvalue weighted by atomic mass is 9.98. The van der Waals surface area contributed by atoms with Crippen molar-refractivity contribution in [1.29, 1.82) is 0 Å². The molecule has 8 nitrogen and oxygen atoms in total. The van der Waals surface area contributed by atoms with Gasteiger partial charge in [0.25, 0.3) is 0 Å². The first kappa shape index (κ1) is 19.9. The summed E-state index contributed by atoms with van der Waals surface area (Å²) >= 11 is 1.08. The van der Waals surface area contributed by atoms with Crippen molar-refractivity contribution in [3.63, 3.8) is 0 Å². The van der Waals surface area contributed by atoms with Gasteiger partial charge in [0, 0.05) is 5.56 Å². The molecule has 1 saturated heterocycles. The summed E-state index contributed by atoms with van der Waals surface area (Å²) in [6, 6.07) is 13.2. The number of nitrogens with one attached hydrogen (secondary N) is 1. The molecular weight excluding hydrogens is 396 g/mol. The number of aliphatic hydroxyl groups excluding tert-OH is 4. The first-order valence-electron chi connectivity index (χ1n) is 9.04. The van der Waals surface area contributed by atoms with E-state index in [0.717, 1.165) is 22.1 Å². The van der Waals surface area contributed by atoms with Crippen molar-refractivity contribution in [3.05, 3.63) is 59.1 Å². The number of aromatic nitrogens is 1. The minimum atomic E-state index is -1.49. The van der Waals surface area contributed by atoms with Gasteiger partial charge < -0.3 is 30.5 Å². The smallest absolute Gasteiger partial charge is 0.204 e. The number of aliphatic hydroxyl groups is 4. The highest BCUT2D eigenvalue weighted by Gasteiger charge is 2.43. The van der Waals surface area contributed by atoms with Crippen LogP contribution in [0.3, 0.4) is 0 Å². The fourth-order valence-electron chi connectivity index (χ4n) is 3.26. The highest BCUT2D eigenvalue weighted by atomic mass is 32.1. The van der Waals surface area contributed by atoms with E-state index in [-0.39, 0.29) is 5.78 Å². The molecular formula is C20H20N2O6S. The summed E-state index contributed by atoms with van der Waals surface area (Å²) in [6.07, 6.45) is -5.05. The van der Waals surface area contributed by atoms with Crippen molar-refractivity contribution in [3.8, 4) is 0 Å². The van der Waals surface area contributed by atoms with Crippen molar-refractivity contribution in [2.75, 3.05) is 11.9 Å². The maximum atomic E-state index is 12.8. The topological polar surface area (TPSA) is 132 Å². The Morgan fingerprint density at radius 3 is 2.59 bits per heavy atom. The number of hydrogen-bond acceptors (Lipinski definition) is 9. The van der Waals surface area contributed by atoms with E-state index in [2.05, 4.69) is 10.3 Å². The van der Waals surface area contributed by atoms with Gasteiger partial charge in [0.1, 0.15) is 24.4 Å². The lowest BCUT2D eigenvalue weighted by Crippen LogP contribution is -2.60. The molecule has 2 aromatic carbocycles. The van der Waals surface area contributed by atoms with Crippen molar-refractivity contribution in [1.82, 2.24) is 4.98 Å². The Hall–Kier alpha value is -2.40. The fourth-order valence-corrected chi connectivity index (χ4v) is 4.07. The maximum Gasteiger partial charge on any atom is 0.204 e. The van der Waals surface area contributed by atoms with E-state index in [9.17, 15) is 25.2 Å². The van der Waals surface area contributed by atoms with E-state index >= 15 is 0 Å². The van der Waals surface area contributed by atoms with Crippen LogP contribution in [0.25, 0.3) is 10.8 Å². The van der Waals surface area contributed by atoms with Crippen LogP contribution in [0.5, 0.6) is 0 Å². The average Bonchev–Trinajstić information content (AvgIpc) is 3.21. The molecule has 0 unspecified atom stereocenters. The number of nitrogens with zero attached hydrogens (tertiary/aromatic N) is 1. The molecule has 0 saturated carbocycles. The normalized spacial score (nSPS) is 27.1. The summed E-state index contributed by atoms with van der Waals surface area (Å²) in [5.41, 5.74) is 0.534. The first-order chi connectivity index (χ1) is 14.0. The molecule has 29 heavy (non-hydrogen) atoms. The van der Waals surface area contributed by atoms with Crippen LogP contribution in [-0.4, -0.2) is 68.4 Å². The van der Waals surface area contributed by atoms with Gasteiger partial charge in [-0.1, -0.05) is 47.7 Å². The summed E-state index contributed by atoms with van der Waals surface area (Å²) in [7, 11) is 0. The van der Waals surface area contributed by atoms with Gasteiger partial charge in [-0.05, 0) is 16.8 Å². The molecule has 2 heterocycles. The number of carbonyl (C=O) groups is 1. The van der Waals surface area contributed by atoms with Crippen LogP contribution in [0.15, 0.2) is 48.7 Å². The summed E-state index contributed by atoms with van der Waals surface area (Å²) in [6.45, 7) is -0.521. The second-order valence-electron chi connectivity index (χ2n) is 6.81. The minimum absolute atomic E-state index is 0.185. The molecule has 1 aliphatic rings. The molecule has 5 N–H and O–H groups in total. The molecule has 5 atom stereocenters. The molecule has 0 radical (unpaired) electrons. The number of benzene rings is 2.